The molecule has 1 N–H and O–H groups in total. The number of amides is 1. The van der Waals surface area contributed by atoms with E-state index in [0.29, 0.717) is 18.6 Å². The number of Topliss-reactive ketones (excluding diaryl/α,β-unsaturated/α-hetero) is 1. The number of nitrogens with one attached hydrogen (secondary N) is 1. The topological polar surface area (TPSA) is 73.2 Å². The second-order valence-electron chi connectivity index (χ2n) is 11.2. The van der Waals surface area contributed by atoms with Crippen LogP contribution in [0.3, 0.4) is 0 Å². The third kappa shape index (κ3) is 6.97. The molecule has 2 rings (SSSR count). The van der Waals surface area contributed by atoms with Crippen LogP contribution >= 0.6 is 0 Å². The highest BCUT2D eigenvalue weighted by Crippen LogP contribution is 2.39. The number of imidazole rings is 1. The van der Waals surface area contributed by atoms with Gasteiger partial charge in [0.2, 0.25) is 5.95 Å². The summed E-state index contributed by atoms with van der Waals surface area (Å²) in [6, 6.07) is 6.04. The fourth-order valence-corrected chi connectivity index (χ4v) is 4.17. The zero-order valence-corrected chi connectivity index (χ0v) is 24.1. The van der Waals surface area contributed by atoms with E-state index in [1.54, 1.807) is 0 Å². The maximum Gasteiger partial charge on any atom is 0.435 e. The maximum absolute atomic E-state index is 13.5. The van der Waals surface area contributed by atoms with Crippen LogP contribution in [0.25, 0.3) is 0 Å². The van der Waals surface area contributed by atoms with Crippen LogP contribution in [0.4, 0.5) is 19.1 Å². The molecule has 1 heterocycles. The van der Waals surface area contributed by atoms with Gasteiger partial charge in [-0.1, -0.05) is 67.0 Å². The third-order valence-electron chi connectivity index (χ3n) is 7.57. The van der Waals surface area contributed by atoms with Crippen LogP contribution in [0.2, 0.25) is 0 Å². The molecule has 6 nitrogen and oxygen atoms in total. The molecule has 0 aliphatic rings. The van der Waals surface area contributed by atoms with Crippen LogP contribution in [0.5, 0.6) is 5.75 Å². The lowest BCUT2D eigenvalue weighted by atomic mass is 9.76. The molecule has 2 aromatic rings. The second-order valence-corrected chi connectivity index (χ2v) is 11.2. The first-order chi connectivity index (χ1) is 17.5. The average molecular weight is 538 g/mol. The van der Waals surface area contributed by atoms with E-state index in [9.17, 15) is 22.8 Å². The van der Waals surface area contributed by atoms with Gasteiger partial charge in [-0.3, -0.25) is 14.9 Å². The molecule has 9 heteroatoms. The third-order valence-corrected chi connectivity index (χ3v) is 7.57. The van der Waals surface area contributed by atoms with E-state index in [2.05, 4.69) is 57.9 Å². The van der Waals surface area contributed by atoms with Gasteiger partial charge in [-0.25, -0.2) is 4.98 Å². The highest BCUT2D eigenvalue weighted by atomic mass is 19.4. The number of carbonyl (C=O) groups is 2. The van der Waals surface area contributed by atoms with Gasteiger partial charge >= 0.3 is 6.18 Å². The van der Waals surface area contributed by atoms with Crippen molar-refractivity contribution in [2.45, 2.75) is 111 Å². The van der Waals surface area contributed by atoms with E-state index < -0.39 is 35.4 Å². The van der Waals surface area contributed by atoms with Crippen molar-refractivity contribution >= 4 is 17.6 Å². The van der Waals surface area contributed by atoms with E-state index in [1.807, 2.05) is 19.1 Å². The minimum atomic E-state index is -4.84. The number of unbranched alkanes of at least 4 members (excludes halogenated alkanes) is 1. The van der Waals surface area contributed by atoms with Crippen molar-refractivity contribution in [3.05, 3.63) is 40.7 Å². The summed E-state index contributed by atoms with van der Waals surface area (Å²) in [5.41, 5.74) is -0.0707. The predicted octanol–water partition coefficient (Wildman–Crippen LogP) is 7.59. The first-order valence-electron chi connectivity index (χ1n) is 13.3. The van der Waals surface area contributed by atoms with E-state index in [-0.39, 0.29) is 16.8 Å². The van der Waals surface area contributed by atoms with Crippen molar-refractivity contribution in [3.63, 3.8) is 0 Å². The van der Waals surface area contributed by atoms with Crippen molar-refractivity contribution in [3.8, 4) is 5.75 Å². The number of benzene rings is 1. The Morgan fingerprint density at radius 1 is 1.05 bits per heavy atom. The first-order valence-corrected chi connectivity index (χ1v) is 13.3. The predicted molar refractivity (Wildman–Crippen MR) is 144 cm³/mol. The first kappa shape index (κ1) is 31.4. The fourth-order valence-electron chi connectivity index (χ4n) is 4.17. The zero-order chi connectivity index (χ0) is 29.1. The molecule has 0 aliphatic heterocycles. The van der Waals surface area contributed by atoms with E-state index in [1.165, 1.54) is 12.6 Å². The molecule has 212 valence electrons. The smallest absolute Gasteiger partial charge is 0.435 e. The molecule has 0 aliphatic carbocycles. The summed E-state index contributed by atoms with van der Waals surface area (Å²) in [6.07, 6.45) is -2.16. The number of ether oxygens (including phenoxy) is 1. The Morgan fingerprint density at radius 3 is 2.13 bits per heavy atom. The lowest BCUT2D eigenvalue weighted by molar-refractivity contribution is -0.141. The number of alkyl halides is 3. The van der Waals surface area contributed by atoms with Gasteiger partial charge in [0, 0.05) is 19.5 Å². The molecule has 0 radical (unpaired) electrons. The highest BCUT2D eigenvalue weighted by Gasteiger charge is 2.40. The molecule has 0 fully saturated rings. The Bertz CT molecular complexity index is 1150. The summed E-state index contributed by atoms with van der Waals surface area (Å²) < 4.78 is 47.8. The molecule has 0 spiro atoms. The van der Waals surface area contributed by atoms with Crippen molar-refractivity contribution in [1.82, 2.24) is 9.55 Å². The van der Waals surface area contributed by atoms with Gasteiger partial charge in [-0.15, -0.1) is 0 Å². The number of rotatable bonds is 12. The fraction of sp³-hybridized carbons (Fsp3) is 0.621. The maximum atomic E-state index is 13.5. The summed E-state index contributed by atoms with van der Waals surface area (Å²) >= 11 is 0. The van der Waals surface area contributed by atoms with E-state index in [0.717, 1.165) is 36.3 Å². The summed E-state index contributed by atoms with van der Waals surface area (Å²) in [4.78, 5) is 28.9. The number of nitrogens with zero attached hydrogens (tertiary/aromatic N) is 2. The SMILES string of the molecule is CCCCC(Oc1ccc(C(C)(C)CC)cc1C(C)(C)CC)C(=O)Nc1nc(C(F)(F)F)c(C(C)=O)n1C. The second kappa shape index (κ2) is 11.9. The Morgan fingerprint density at radius 2 is 1.66 bits per heavy atom. The minimum absolute atomic E-state index is 0.0428. The normalized spacial score (nSPS) is 13.4. The average Bonchev–Trinajstić information content (AvgIpc) is 3.18. The van der Waals surface area contributed by atoms with Gasteiger partial charge in [0.15, 0.2) is 17.6 Å². The Labute approximate surface area is 224 Å². The number of aromatic nitrogens is 2. The van der Waals surface area contributed by atoms with Crippen LogP contribution in [0.15, 0.2) is 18.2 Å². The number of anilines is 1. The lowest BCUT2D eigenvalue weighted by Crippen LogP contribution is -2.35. The van der Waals surface area contributed by atoms with E-state index >= 15 is 0 Å². The molecule has 38 heavy (non-hydrogen) atoms. The van der Waals surface area contributed by atoms with Gasteiger partial charge < -0.3 is 9.30 Å². The minimum Gasteiger partial charge on any atom is -0.480 e. The van der Waals surface area contributed by atoms with Gasteiger partial charge in [0.1, 0.15) is 11.4 Å². The quantitative estimate of drug-likeness (QED) is 0.283. The molecule has 0 bridgehead atoms. The van der Waals surface area contributed by atoms with Crippen molar-refractivity contribution in [2.24, 2.45) is 7.05 Å². The largest absolute Gasteiger partial charge is 0.480 e. The molecule has 0 saturated carbocycles. The Balaban J connectivity index is 2.50. The Kier molecular flexibility index (Phi) is 9.83. The molecule has 1 atom stereocenters. The standard InChI is InChI=1S/C29H42F3N3O3/c1-10-13-14-22(25(37)34-26-33-24(29(30,31)32)23(18(4)36)35(26)9)38-21-16-15-19(27(5,6)11-2)17-20(21)28(7,8)12-3/h15-17,22H,10-14H2,1-9H3,(H,33,34,37). The van der Waals surface area contributed by atoms with Crippen LogP contribution < -0.4 is 10.1 Å². The summed E-state index contributed by atoms with van der Waals surface area (Å²) in [7, 11) is 1.27. The van der Waals surface area contributed by atoms with Crippen LogP contribution in [0, 0.1) is 0 Å². The van der Waals surface area contributed by atoms with E-state index in [4.69, 9.17) is 4.74 Å². The van der Waals surface area contributed by atoms with Crippen molar-refractivity contribution in [2.75, 3.05) is 5.32 Å². The number of ketones is 1. The van der Waals surface area contributed by atoms with Crippen LogP contribution in [-0.4, -0.2) is 27.3 Å². The Hall–Kier alpha value is -2.84. The molecule has 1 aromatic heterocycles. The number of carbonyl (C=O) groups excluding carboxylic acids is 2. The molecule has 0 saturated heterocycles. The number of hydrogen-bond donors (Lipinski definition) is 1. The molecule has 1 aromatic carbocycles. The van der Waals surface area contributed by atoms with Crippen molar-refractivity contribution < 1.29 is 27.5 Å². The highest BCUT2D eigenvalue weighted by molar-refractivity contribution is 5.97. The summed E-state index contributed by atoms with van der Waals surface area (Å²) in [6.45, 7) is 15.8. The zero-order valence-electron chi connectivity index (χ0n) is 24.1. The summed E-state index contributed by atoms with van der Waals surface area (Å²) in [5.74, 6) is -1.20. The van der Waals surface area contributed by atoms with Gasteiger partial charge in [-0.05, 0) is 48.1 Å². The number of halogens is 3. The summed E-state index contributed by atoms with van der Waals surface area (Å²) in [5, 5.41) is 2.48. The van der Waals surface area contributed by atoms with Crippen LogP contribution in [0.1, 0.15) is 115 Å². The van der Waals surface area contributed by atoms with Crippen molar-refractivity contribution in [1.29, 1.82) is 0 Å². The molecule has 1 unspecified atom stereocenters. The molecular formula is C29H42F3N3O3. The van der Waals surface area contributed by atoms with Crippen LogP contribution in [-0.2, 0) is 28.8 Å². The van der Waals surface area contributed by atoms with Gasteiger partial charge in [0.25, 0.3) is 5.91 Å². The van der Waals surface area contributed by atoms with Gasteiger partial charge in [-0.2, -0.15) is 13.2 Å². The lowest BCUT2D eigenvalue weighted by Gasteiger charge is -2.31. The van der Waals surface area contributed by atoms with Gasteiger partial charge in [0.05, 0.1) is 0 Å². The number of hydrogen-bond acceptors (Lipinski definition) is 4. The monoisotopic (exact) mass is 537 g/mol. The molecular weight excluding hydrogens is 495 g/mol. The molecule has 1 amide bonds.